The second kappa shape index (κ2) is 8.09. The van der Waals surface area contributed by atoms with Crippen LogP contribution in [0.5, 0.6) is 0 Å². The summed E-state index contributed by atoms with van der Waals surface area (Å²) in [5.74, 6) is 0.997. The summed E-state index contributed by atoms with van der Waals surface area (Å²) >= 11 is 0. The van der Waals surface area contributed by atoms with Crippen LogP contribution in [0.15, 0.2) is 12.1 Å². The summed E-state index contributed by atoms with van der Waals surface area (Å²) in [5.41, 5.74) is 4.88. The third-order valence-corrected chi connectivity index (χ3v) is 2.10. The Morgan fingerprint density at radius 3 is 2.68 bits per heavy atom. The number of carbonyl (C=O) groups excluding carboxylic acids is 1. The van der Waals surface area contributed by atoms with Crippen molar-refractivity contribution in [3.63, 3.8) is 0 Å². The van der Waals surface area contributed by atoms with Gasteiger partial charge in [0.05, 0.1) is 12.7 Å². The van der Waals surface area contributed by atoms with Crippen LogP contribution >= 0.6 is 0 Å². The first kappa shape index (κ1) is 15.0. The van der Waals surface area contributed by atoms with E-state index >= 15 is 0 Å². The molecule has 0 spiro atoms. The van der Waals surface area contributed by atoms with Crippen LogP contribution in [0.3, 0.4) is 0 Å². The van der Waals surface area contributed by atoms with Crippen molar-refractivity contribution in [1.82, 2.24) is 15.6 Å². The number of aliphatic hydroxyl groups excluding tert-OH is 1. The number of amides is 1. The lowest BCUT2D eigenvalue weighted by atomic mass is 10.3. The Morgan fingerprint density at radius 2 is 2.11 bits per heavy atom. The normalized spacial score (nSPS) is 11.5. The monoisotopic (exact) mass is 269 g/mol. The number of ether oxygens (including phenoxy) is 1. The number of nitrogens with one attached hydrogen (secondary N) is 3. The Labute approximate surface area is 111 Å². The first-order chi connectivity index (χ1) is 9.11. The summed E-state index contributed by atoms with van der Waals surface area (Å²) in [6.07, 6.45) is -0.301. The van der Waals surface area contributed by atoms with Gasteiger partial charge in [0.1, 0.15) is 5.82 Å². The van der Waals surface area contributed by atoms with Gasteiger partial charge in [0.25, 0.3) is 0 Å². The number of carbonyl (C=O) groups is 1. The van der Waals surface area contributed by atoms with Crippen molar-refractivity contribution >= 4 is 17.7 Å². The minimum absolute atomic E-state index is 0.297. The Balaban J connectivity index is 2.33. The molecule has 0 saturated heterocycles. The van der Waals surface area contributed by atoms with Crippen molar-refractivity contribution in [3.05, 3.63) is 12.1 Å². The molecule has 0 aliphatic carbocycles. The Hall–Kier alpha value is -2.09. The second-order valence-corrected chi connectivity index (χ2v) is 3.84. The maximum atomic E-state index is 11.0. The highest BCUT2D eigenvalue weighted by molar-refractivity contribution is 5.68. The molecule has 1 aromatic rings. The summed E-state index contributed by atoms with van der Waals surface area (Å²) in [7, 11) is 0. The van der Waals surface area contributed by atoms with E-state index in [0.717, 1.165) is 0 Å². The van der Waals surface area contributed by atoms with Gasteiger partial charge < -0.3 is 15.2 Å². The molecule has 4 N–H and O–H groups in total. The van der Waals surface area contributed by atoms with Gasteiger partial charge in [0, 0.05) is 6.54 Å². The topological polar surface area (TPSA) is 108 Å². The molecular weight excluding hydrogens is 250 g/mol. The quantitative estimate of drug-likeness (QED) is 0.540. The van der Waals surface area contributed by atoms with Crippen LogP contribution in [-0.4, -0.2) is 40.7 Å². The zero-order valence-electron chi connectivity index (χ0n) is 11.0. The number of hydrogen-bond donors (Lipinski definition) is 4. The van der Waals surface area contributed by atoms with Crippen LogP contribution in [-0.2, 0) is 4.74 Å². The van der Waals surface area contributed by atoms with Gasteiger partial charge in [-0.15, -0.1) is 10.2 Å². The SMILES string of the molecule is CCOC(=O)NNc1ccc(NCCC(C)O)nn1. The number of hydrazine groups is 1. The maximum absolute atomic E-state index is 11.0. The summed E-state index contributed by atoms with van der Waals surface area (Å²) in [6, 6.07) is 3.37. The first-order valence-electron chi connectivity index (χ1n) is 6.06. The van der Waals surface area contributed by atoms with Gasteiger partial charge in [0.15, 0.2) is 5.82 Å². The molecule has 0 aliphatic heterocycles. The molecule has 8 heteroatoms. The molecule has 0 radical (unpaired) electrons. The van der Waals surface area contributed by atoms with Crippen molar-refractivity contribution < 1.29 is 14.6 Å². The smallest absolute Gasteiger partial charge is 0.425 e. The minimum atomic E-state index is -0.580. The molecule has 106 valence electrons. The lowest BCUT2D eigenvalue weighted by molar-refractivity contribution is 0.154. The molecule has 8 nitrogen and oxygen atoms in total. The molecule has 19 heavy (non-hydrogen) atoms. The van der Waals surface area contributed by atoms with E-state index in [9.17, 15) is 4.79 Å². The van der Waals surface area contributed by atoms with Gasteiger partial charge in [-0.2, -0.15) is 0 Å². The fourth-order valence-corrected chi connectivity index (χ4v) is 1.18. The molecule has 0 aromatic carbocycles. The number of aliphatic hydroxyl groups is 1. The minimum Gasteiger partial charge on any atom is -0.449 e. The summed E-state index contributed by atoms with van der Waals surface area (Å²) in [5, 5.41) is 19.9. The lowest BCUT2D eigenvalue weighted by Gasteiger charge is -2.08. The van der Waals surface area contributed by atoms with Crippen molar-refractivity contribution in [2.75, 3.05) is 23.9 Å². The number of nitrogens with zero attached hydrogens (tertiary/aromatic N) is 2. The molecule has 1 amide bonds. The molecular formula is C11H19N5O3. The zero-order valence-corrected chi connectivity index (χ0v) is 11.0. The second-order valence-electron chi connectivity index (χ2n) is 3.84. The highest BCUT2D eigenvalue weighted by atomic mass is 16.5. The summed E-state index contributed by atoms with van der Waals surface area (Å²) < 4.78 is 4.67. The fourth-order valence-electron chi connectivity index (χ4n) is 1.18. The van der Waals surface area contributed by atoms with Crippen LogP contribution in [0.25, 0.3) is 0 Å². The average molecular weight is 269 g/mol. The van der Waals surface area contributed by atoms with Gasteiger partial charge in [-0.05, 0) is 32.4 Å². The molecule has 1 rings (SSSR count). The molecule has 0 fully saturated rings. The standard InChI is InChI=1S/C11H19N5O3/c1-3-19-11(18)16-15-10-5-4-9(13-14-10)12-7-6-8(2)17/h4-5,8,17H,3,6-7H2,1-2H3,(H,12,13)(H,14,15)(H,16,18). The Kier molecular flexibility index (Phi) is 6.37. The van der Waals surface area contributed by atoms with Crippen LogP contribution < -0.4 is 16.2 Å². The average Bonchev–Trinajstić information content (AvgIpc) is 2.38. The summed E-state index contributed by atoms with van der Waals surface area (Å²) in [4.78, 5) is 11.0. The Morgan fingerprint density at radius 1 is 1.42 bits per heavy atom. The van der Waals surface area contributed by atoms with Crippen molar-refractivity contribution in [3.8, 4) is 0 Å². The van der Waals surface area contributed by atoms with Crippen LogP contribution in [0.4, 0.5) is 16.4 Å². The number of aromatic nitrogens is 2. The van der Waals surface area contributed by atoms with Crippen molar-refractivity contribution in [2.24, 2.45) is 0 Å². The van der Waals surface area contributed by atoms with Crippen LogP contribution in [0.2, 0.25) is 0 Å². The third kappa shape index (κ3) is 6.41. The number of anilines is 2. The number of hydrogen-bond acceptors (Lipinski definition) is 7. The van der Waals surface area contributed by atoms with E-state index in [1.807, 2.05) is 0 Å². The maximum Gasteiger partial charge on any atom is 0.425 e. The predicted octanol–water partition coefficient (Wildman–Crippen LogP) is 0.732. The first-order valence-corrected chi connectivity index (χ1v) is 6.06. The summed E-state index contributed by atoms with van der Waals surface area (Å²) in [6.45, 7) is 4.35. The van der Waals surface area contributed by atoms with Crippen molar-refractivity contribution in [1.29, 1.82) is 0 Å². The predicted molar refractivity (Wildman–Crippen MR) is 70.6 cm³/mol. The van der Waals surface area contributed by atoms with E-state index in [1.54, 1.807) is 26.0 Å². The molecule has 0 bridgehead atoms. The van der Waals surface area contributed by atoms with Gasteiger partial charge in [-0.3, -0.25) is 5.43 Å². The molecule has 1 unspecified atom stereocenters. The van der Waals surface area contributed by atoms with E-state index in [-0.39, 0.29) is 6.10 Å². The lowest BCUT2D eigenvalue weighted by Crippen LogP contribution is -2.30. The molecule has 1 aromatic heterocycles. The highest BCUT2D eigenvalue weighted by Gasteiger charge is 2.01. The van der Waals surface area contributed by atoms with Gasteiger partial charge >= 0.3 is 6.09 Å². The van der Waals surface area contributed by atoms with Gasteiger partial charge in [0.2, 0.25) is 0 Å². The van der Waals surface area contributed by atoms with Gasteiger partial charge in [-0.1, -0.05) is 0 Å². The van der Waals surface area contributed by atoms with E-state index in [1.165, 1.54) is 0 Å². The highest BCUT2D eigenvalue weighted by Crippen LogP contribution is 2.05. The molecule has 0 saturated carbocycles. The van der Waals surface area contributed by atoms with Gasteiger partial charge in [-0.25, -0.2) is 10.2 Å². The van der Waals surface area contributed by atoms with E-state index in [0.29, 0.717) is 31.2 Å². The van der Waals surface area contributed by atoms with E-state index in [4.69, 9.17) is 5.11 Å². The van der Waals surface area contributed by atoms with Crippen LogP contribution in [0.1, 0.15) is 20.3 Å². The largest absolute Gasteiger partial charge is 0.449 e. The molecule has 1 heterocycles. The van der Waals surface area contributed by atoms with Crippen LogP contribution in [0, 0.1) is 0 Å². The van der Waals surface area contributed by atoms with E-state index < -0.39 is 6.09 Å². The number of rotatable bonds is 7. The fraction of sp³-hybridized carbons (Fsp3) is 0.545. The molecule has 1 atom stereocenters. The zero-order chi connectivity index (χ0) is 14.1. The Bertz CT molecular complexity index is 382. The van der Waals surface area contributed by atoms with E-state index in [2.05, 4.69) is 31.1 Å². The molecule has 0 aliphatic rings. The third-order valence-electron chi connectivity index (χ3n) is 2.10. The van der Waals surface area contributed by atoms with Crippen molar-refractivity contribution in [2.45, 2.75) is 26.4 Å².